The van der Waals surface area contributed by atoms with Crippen LogP contribution < -0.4 is 20.7 Å². The van der Waals surface area contributed by atoms with Crippen molar-refractivity contribution in [2.75, 3.05) is 11.9 Å². The lowest BCUT2D eigenvalue weighted by atomic mass is 9.64. The van der Waals surface area contributed by atoms with Crippen molar-refractivity contribution in [2.24, 2.45) is 5.92 Å². The van der Waals surface area contributed by atoms with E-state index in [-0.39, 0.29) is 5.69 Å². The Morgan fingerprint density at radius 3 is 2.20 bits per heavy atom. The molecular formula is C26H24F3N3O3-2. The molecule has 2 aromatic carbocycles. The molecule has 1 fully saturated rings. The Balaban J connectivity index is 1.53. The number of para-hydroxylation sites is 2. The van der Waals surface area contributed by atoms with Gasteiger partial charge in [-0.3, -0.25) is 9.89 Å². The Labute approximate surface area is 199 Å². The van der Waals surface area contributed by atoms with E-state index in [0.717, 1.165) is 21.6 Å². The van der Waals surface area contributed by atoms with E-state index in [9.17, 15) is 28.2 Å². The van der Waals surface area contributed by atoms with Gasteiger partial charge in [-0.2, -0.15) is 13.2 Å². The van der Waals surface area contributed by atoms with Gasteiger partial charge in [0.25, 0.3) is 5.56 Å². The fourth-order valence-corrected chi connectivity index (χ4v) is 5.44. The van der Waals surface area contributed by atoms with E-state index in [1.807, 2.05) is 50.1 Å². The second-order valence-electron chi connectivity index (χ2n) is 9.66. The number of anilines is 1. The van der Waals surface area contributed by atoms with E-state index in [4.69, 9.17) is 0 Å². The summed E-state index contributed by atoms with van der Waals surface area (Å²) in [6.07, 6.45) is -6.67. The van der Waals surface area contributed by atoms with Crippen LogP contribution in [-0.2, 0) is 11.6 Å². The maximum Gasteiger partial charge on any atom is 0.433 e. The number of halogens is 3. The maximum absolute atomic E-state index is 13.9. The summed E-state index contributed by atoms with van der Waals surface area (Å²) in [5.74, 6) is -2.65. The van der Waals surface area contributed by atoms with Gasteiger partial charge >= 0.3 is 6.18 Å². The van der Waals surface area contributed by atoms with Crippen LogP contribution in [-0.4, -0.2) is 29.0 Å². The van der Waals surface area contributed by atoms with Gasteiger partial charge in [-0.25, -0.2) is 4.68 Å². The molecule has 1 saturated carbocycles. The molecule has 5 rings (SSSR count). The molecule has 0 bridgehead atoms. The fourth-order valence-electron chi connectivity index (χ4n) is 5.44. The van der Waals surface area contributed by atoms with Gasteiger partial charge in [0.15, 0.2) is 0 Å². The molecule has 1 N–H and O–H groups in total. The Kier molecular flexibility index (Phi) is 5.26. The van der Waals surface area contributed by atoms with Gasteiger partial charge in [0.05, 0.1) is 11.3 Å². The number of likely N-dealkylation sites (N-methyl/N-ethyl adjacent to an activating group) is 1. The average Bonchev–Trinajstić information content (AvgIpc) is 3.25. The first-order chi connectivity index (χ1) is 16.4. The van der Waals surface area contributed by atoms with E-state index in [1.54, 1.807) is 24.3 Å². The van der Waals surface area contributed by atoms with Gasteiger partial charge in [-0.05, 0) is 35.6 Å². The molecular weight excluding hydrogens is 459 g/mol. The number of allylic oxidation sites excluding steroid dienone is 1. The van der Waals surface area contributed by atoms with Crippen LogP contribution in [0.3, 0.4) is 0 Å². The normalized spacial score (nSPS) is 26.6. The van der Waals surface area contributed by atoms with Gasteiger partial charge in [0, 0.05) is 23.8 Å². The minimum Gasteiger partial charge on any atom is -0.851 e. The summed E-state index contributed by atoms with van der Waals surface area (Å²) in [7, 11) is 1.83. The first kappa shape index (κ1) is 23.4. The van der Waals surface area contributed by atoms with E-state index < -0.39 is 52.5 Å². The highest BCUT2D eigenvalue weighted by Crippen LogP contribution is 2.50. The third-order valence-corrected chi connectivity index (χ3v) is 7.32. The van der Waals surface area contributed by atoms with Crippen molar-refractivity contribution >= 4 is 5.69 Å². The monoisotopic (exact) mass is 483 g/mol. The number of hydrogen-bond acceptors (Lipinski definition) is 4. The summed E-state index contributed by atoms with van der Waals surface area (Å²) in [6, 6.07) is 15.5. The average molecular weight is 483 g/mol. The van der Waals surface area contributed by atoms with E-state index in [2.05, 4.69) is 5.10 Å². The lowest BCUT2D eigenvalue weighted by Gasteiger charge is -2.60. The number of rotatable bonds is 3. The largest absolute Gasteiger partial charge is 0.851 e. The zero-order valence-corrected chi connectivity index (χ0v) is 19.3. The van der Waals surface area contributed by atoms with E-state index in [1.165, 1.54) is 12.1 Å². The standard InChI is InChI=1S/C26H24F3N3O3/c1-25(2)16-11-7-8-12-17(16)31(3)18(25)13-15-21(33)19(22(15)34)20-23(26(27,28)29)30-32(24(20)35)14-9-5-4-6-10-14/h4-13,15,19,21-22,30H,1-3H3/q-2/b18-13+. The SMILES string of the molecule is CN1/C(=C/C2C([O-])C(c3c(C(F)(F)F)[nH]n(-c4ccccc4)c3=O)C2[O-])C(C)(C)c2ccccc21. The number of hydrogen-bond donors (Lipinski definition) is 1. The summed E-state index contributed by atoms with van der Waals surface area (Å²) in [4.78, 5) is 15.0. The fraction of sp³-hybridized carbons (Fsp3) is 0.346. The molecule has 9 heteroatoms. The van der Waals surface area contributed by atoms with Gasteiger partial charge in [-0.15, -0.1) is 12.2 Å². The molecule has 0 radical (unpaired) electrons. The van der Waals surface area contributed by atoms with Crippen molar-refractivity contribution in [1.82, 2.24) is 9.78 Å². The third-order valence-electron chi connectivity index (χ3n) is 7.32. The molecule has 1 aromatic heterocycles. The number of alkyl halides is 3. The van der Waals surface area contributed by atoms with Crippen LogP contribution in [0.15, 0.2) is 71.2 Å². The molecule has 2 unspecified atom stereocenters. The quantitative estimate of drug-likeness (QED) is 0.621. The van der Waals surface area contributed by atoms with Crippen molar-refractivity contribution in [1.29, 1.82) is 0 Å². The Morgan fingerprint density at radius 1 is 1.00 bits per heavy atom. The highest BCUT2D eigenvalue weighted by molar-refractivity contribution is 5.69. The lowest BCUT2D eigenvalue weighted by Crippen LogP contribution is -2.65. The molecule has 2 atom stereocenters. The number of H-pyrrole nitrogens is 1. The second-order valence-corrected chi connectivity index (χ2v) is 9.66. The van der Waals surface area contributed by atoms with Gasteiger partial charge in [0.2, 0.25) is 0 Å². The molecule has 184 valence electrons. The minimum atomic E-state index is -4.92. The number of aromatic amines is 1. The van der Waals surface area contributed by atoms with Crippen LogP contribution >= 0.6 is 0 Å². The number of nitrogens with zero attached hydrogens (tertiary/aromatic N) is 2. The van der Waals surface area contributed by atoms with Crippen molar-refractivity contribution in [2.45, 2.75) is 43.6 Å². The van der Waals surface area contributed by atoms with Crippen LogP contribution in [0.2, 0.25) is 0 Å². The van der Waals surface area contributed by atoms with Crippen LogP contribution in [0, 0.1) is 5.92 Å². The minimum absolute atomic E-state index is 0.184. The second kappa shape index (κ2) is 7.86. The molecule has 1 aliphatic heterocycles. The van der Waals surface area contributed by atoms with Crippen LogP contribution in [0.25, 0.3) is 5.69 Å². The van der Waals surface area contributed by atoms with Crippen LogP contribution in [0.4, 0.5) is 18.9 Å². The Morgan fingerprint density at radius 2 is 1.60 bits per heavy atom. The topological polar surface area (TPSA) is 87.2 Å². The predicted octanol–water partition coefficient (Wildman–Crippen LogP) is 2.67. The van der Waals surface area contributed by atoms with Crippen molar-refractivity contribution in [3.63, 3.8) is 0 Å². The first-order valence-corrected chi connectivity index (χ1v) is 11.3. The molecule has 0 saturated heterocycles. The van der Waals surface area contributed by atoms with Crippen molar-refractivity contribution in [3.8, 4) is 5.69 Å². The molecule has 1 aliphatic carbocycles. The molecule has 3 aromatic rings. The molecule has 2 heterocycles. The molecule has 0 spiro atoms. The van der Waals surface area contributed by atoms with Gasteiger partial charge in [-0.1, -0.05) is 56.3 Å². The highest BCUT2D eigenvalue weighted by atomic mass is 19.4. The lowest BCUT2D eigenvalue weighted by molar-refractivity contribution is -0.543. The zero-order valence-electron chi connectivity index (χ0n) is 19.3. The molecule has 6 nitrogen and oxygen atoms in total. The maximum atomic E-state index is 13.9. The van der Waals surface area contributed by atoms with Crippen LogP contribution in [0.1, 0.15) is 36.6 Å². The van der Waals surface area contributed by atoms with Crippen LogP contribution in [0.5, 0.6) is 0 Å². The molecule has 0 amide bonds. The number of fused-ring (bicyclic) bond motifs is 1. The molecule has 2 aliphatic rings. The number of aromatic nitrogens is 2. The van der Waals surface area contributed by atoms with Crippen molar-refractivity contribution in [3.05, 3.63) is 93.5 Å². The number of nitrogens with one attached hydrogen (secondary N) is 1. The summed E-state index contributed by atoms with van der Waals surface area (Å²) in [5, 5.41) is 28.5. The van der Waals surface area contributed by atoms with Crippen molar-refractivity contribution < 1.29 is 23.4 Å². The van der Waals surface area contributed by atoms with E-state index in [0.29, 0.717) is 0 Å². The summed E-state index contributed by atoms with van der Waals surface area (Å²) >= 11 is 0. The Bertz CT molecular complexity index is 1350. The highest BCUT2D eigenvalue weighted by Gasteiger charge is 2.47. The zero-order chi connectivity index (χ0) is 25.3. The van der Waals surface area contributed by atoms with E-state index >= 15 is 0 Å². The van der Waals surface area contributed by atoms with Gasteiger partial charge < -0.3 is 15.1 Å². The Hall–Kier alpha value is -3.30. The predicted molar refractivity (Wildman–Crippen MR) is 121 cm³/mol. The number of benzene rings is 2. The van der Waals surface area contributed by atoms with Gasteiger partial charge in [0.1, 0.15) is 5.69 Å². The first-order valence-electron chi connectivity index (χ1n) is 11.3. The molecule has 35 heavy (non-hydrogen) atoms. The summed E-state index contributed by atoms with van der Waals surface area (Å²) in [6.45, 7) is 3.95. The summed E-state index contributed by atoms with van der Waals surface area (Å²) in [5.41, 5.74) is -0.716. The summed E-state index contributed by atoms with van der Waals surface area (Å²) < 4.78 is 42.3. The third kappa shape index (κ3) is 3.44. The smallest absolute Gasteiger partial charge is 0.433 e.